The molecular weight excluding hydrogens is 410 g/mol. The molecule has 13 nitrogen and oxygen atoms in total. The molecule has 2 saturated heterocycles. The van der Waals surface area contributed by atoms with E-state index in [1.54, 1.807) is 0 Å². The second-order valence-electron chi connectivity index (χ2n) is 6.91. The van der Waals surface area contributed by atoms with E-state index in [9.17, 15) is 25.5 Å². The normalized spacial score (nSPS) is 38.0. The Morgan fingerprint density at radius 3 is 2.72 bits per heavy atom. The number of aliphatic hydroxyl groups excluding tert-OH is 5. The molecule has 0 amide bonds. The van der Waals surface area contributed by atoms with Crippen molar-refractivity contribution in [3.63, 3.8) is 0 Å². The van der Waals surface area contributed by atoms with Crippen molar-refractivity contribution >= 4 is 29.3 Å². The number of aliphatic hydroxyl groups is 5. The molecule has 29 heavy (non-hydrogen) atoms. The summed E-state index contributed by atoms with van der Waals surface area (Å²) in [5.41, 5.74) is 6.40. The van der Waals surface area contributed by atoms with Crippen LogP contribution in [0.15, 0.2) is 6.33 Å². The van der Waals surface area contributed by atoms with Crippen LogP contribution in [-0.2, 0) is 14.2 Å². The van der Waals surface area contributed by atoms with Gasteiger partial charge in [-0.2, -0.15) is 0 Å². The summed E-state index contributed by atoms with van der Waals surface area (Å²) in [5, 5.41) is 49.9. The van der Waals surface area contributed by atoms with Crippen molar-refractivity contribution in [3.8, 4) is 0 Å². The van der Waals surface area contributed by atoms with Crippen LogP contribution in [0.4, 0.5) is 5.95 Å². The van der Waals surface area contributed by atoms with E-state index < -0.39 is 49.1 Å². The maximum Gasteiger partial charge on any atom is 0.200 e. The van der Waals surface area contributed by atoms with Crippen LogP contribution >= 0.6 is 12.2 Å². The monoisotopic (exact) mass is 431 g/mol. The Bertz CT molecular complexity index is 939. The molecule has 4 heterocycles. The maximum atomic E-state index is 10.4. The number of rotatable bonds is 4. The summed E-state index contributed by atoms with van der Waals surface area (Å²) in [5.74, 6) is 0.0568. The minimum atomic E-state index is -1.48. The molecule has 2 aliphatic heterocycles. The van der Waals surface area contributed by atoms with E-state index >= 15 is 0 Å². The minimum Gasteiger partial charge on any atom is -0.388 e. The molecule has 160 valence electrons. The molecule has 0 radical (unpaired) electrons. The lowest BCUT2D eigenvalue weighted by Crippen LogP contribution is -2.54. The van der Waals surface area contributed by atoms with Crippen molar-refractivity contribution < 1.29 is 39.7 Å². The quantitative estimate of drug-likeness (QED) is 0.245. The highest BCUT2D eigenvalue weighted by atomic mass is 32.1. The third-order valence-corrected chi connectivity index (χ3v) is 5.24. The van der Waals surface area contributed by atoms with E-state index in [0.717, 1.165) is 0 Å². The van der Waals surface area contributed by atoms with Crippen molar-refractivity contribution in [3.05, 3.63) is 11.0 Å². The summed E-state index contributed by atoms with van der Waals surface area (Å²) in [6.07, 6.45) is -8.66. The number of hydrogen-bond acceptors (Lipinski definition) is 12. The molecule has 2 fully saturated rings. The average molecular weight is 431 g/mol. The summed E-state index contributed by atoms with van der Waals surface area (Å²) >= 11 is 5.11. The van der Waals surface area contributed by atoms with Gasteiger partial charge in [-0.25, -0.2) is 9.97 Å². The largest absolute Gasteiger partial charge is 0.388 e. The van der Waals surface area contributed by atoms with Crippen molar-refractivity contribution in [2.24, 2.45) is 0 Å². The number of anilines is 1. The number of aromatic nitrogens is 4. The van der Waals surface area contributed by atoms with Gasteiger partial charge >= 0.3 is 0 Å². The molecule has 0 saturated carbocycles. The number of nitrogens with one attached hydrogen (secondary N) is 1. The van der Waals surface area contributed by atoms with Gasteiger partial charge in [0.05, 0.1) is 19.5 Å². The van der Waals surface area contributed by atoms with Gasteiger partial charge in [-0.05, 0) is 0 Å². The summed E-state index contributed by atoms with van der Waals surface area (Å²) < 4.78 is 17.9. The molecule has 8 N–H and O–H groups in total. The van der Waals surface area contributed by atoms with Crippen LogP contribution in [-0.4, -0.2) is 101 Å². The van der Waals surface area contributed by atoms with Crippen LogP contribution in [0.5, 0.6) is 0 Å². The lowest BCUT2D eigenvalue weighted by molar-refractivity contribution is -0.276. The Labute approximate surface area is 168 Å². The highest BCUT2D eigenvalue weighted by Gasteiger charge is 2.46. The second-order valence-corrected chi connectivity index (χ2v) is 7.29. The molecule has 2 aromatic heterocycles. The number of aromatic amines is 1. The van der Waals surface area contributed by atoms with Crippen molar-refractivity contribution in [1.29, 1.82) is 0 Å². The van der Waals surface area contributed by atoms with Gasteiger partial charge in [0.15, 0.2) is 23.1 Å². The molecule has 8 atom stereocenters. The van der Waals surface area contributed by atoms with Crippen LogP contribution in [0.3, 0.4) is 0 Å². The van der Waals surface area contributed by atoms with Gasteiger partial charge in [0.1, 0.15) is 47.8 Å². The van der Waals surface area contributed by atoms with Crippen LogP contribution in [0, 0.1) is 4.64 Å². The predicted molar refractivity (Wildman–Crippen MR) is 96.8 cm³/mol. The van der Waals surface area contributed by atoms with E-state index in [-0.39, 0.29) is 23.8 Å². The third-order valence-electron chi connectivity index (χ3n) is 4.96. The number of nitrogens with zero attached hydrogens (tertiary/aromatic N) is 3. The second kappa shape index (κ2) is 7.82. The van der Waals surface area contributed by atoms with Crippen LogP contribution in [0.25, 0.3) is 11.2 Å². The third kappa shape index (κ3) is 3.63. The van der Waals surface area contributed by atoms with E-state index in [4.69, 9.17) is 32.2 Å². The molecule has 4 unspecified atom stereocenters. The lowest BCUT2D eigenvalue weighted by atomic mass is 10.1. The zero-order valence-corrected chi connectivity index (χ0v) is 15.7. The first-order chi connectivity index (χ1) is 13.8. The van der Waals surface area contributed by atoms with Gasteiger partial charge in [0.2, 0.25) is 0 Å². The van der Waals surface area contributed by atoms with Gasteiger partial charge < -0.3 is 50.5 Å². The SMILES string of the molecule is Nc1nc(=S)c2ncn([C@@H]3O[C@H](COC4OCC(O)C(O)C4O)[C@@H](O)[C@H]3O)c2[nH]1. The molecule has 14 heteroatoms. The van der Waals surface area contributed by atoms with Gasteiger partial charge in [0, 0.05) is 0 Å². The summed E-state index contributed by atoms with van der Waals surface area (Å²) in [7, 11) is 0. The number of ether oxygens (including phenoxy) is 3. The fourth-order valence-electron chi connectivity index (χ4n) is 3.36. The van der Waals surface area contributed by atoms with E-state index in [1.165, 1.54) is 10.9 Å². The highest BCUT2D eigenvalue weighted by Crippen LogP contribution is 2.32. The van der Waals surface area contributed by atoms with Gasteiger partial charge in [-0.1, -0.05) is 12.2 Å². The Kier molecular flexibility index (Phi) is 5.54. The molecule has 4 rings (SSSR count). The molecule has 0 bridgehead atoms. The summed E-state index contributed by atoms with van der Waals surface area (Å²) in [6.45, 7) is -0.483. The average Bonchev–Trinajstić information content (AvgIpc) is 3.21. The van der Waals surface area contributed by atoms with E-state index in [1.807, 2.05) is 0 Å². The predicted octanol–water partition coefficient (Wildman–Crippen LogP) is -2.85. The maximum absolute atomic E-state index is 10.4. The topological polar surface area (TPSA) is 201 Å². The Hall–Kier alpha value is -1.75. The molecule has 2 aromatic rings. The summed E-state index contributed by atoms with van der Waals surface area (Å²) in [6, 6.07) is 0. The molecule has 2 aliphatic rings. The Morgan fingerprint density at radius 1 is 1.21 bits per heavy atom. The number of nitrogens with two attached hydrogens (primary N) is 1. The Morgan fingerprint density at radius 2 is 1.97 bits per heavy atom. The zero-order valence-electron chi connectivity index (χ0n) is 14.9. The smallest absolute Gasteiger partial charge is 0.200 e. The van der Waals surface area contributed by atoms with Crippen molar-refractivity contribution in [2.75, 3.05) is 18.9 Å². The first-order valence-electron chi connectivity index (χ1n) is 8.79. The number of imidazole rings is 1. The van der Waals surface area contributed by atoms with Crippen LogP contribution in [0.1, 0.15) is 6.23 Å². The number of H-pyrrole nitrogens is 1. The van der Waals surface area contributed by atoms with Gasteiger partial charge in [0.25, 0.3) is 0 Å². The van der Waals surface area contributed by atoms with Crippen LogP contribution in [0.2, 0.25) is 0 Å². The van der Waals surface area contributed by atoms with Crippen LogP contribution < -0.4 is 5.73 Å². The van der Waals surface area contributed by atoms with E-state index in [0.29, 0.717) is 11.2 Å². The van der Waals surface area contributed by atoms with Crippen molar-refractivity contribution in [2.45, 2.75) is 49.1 Å². The van der Waals surface area contributed by atoms with Crippen molar-refractivity contribution in [1.82, 2.24) is 19.5 Å². The Balaban J connectivity index is 1.48. The zero-order chi connectivity index (χ0) is 20.9. The molecule has 0 aromatic carbocycles. The first kappa shape index (κ1) is 20.5. The molecule has 0 spiro atoms. The van der Waals surface area contributed by atoms with Gasteiger partial charge in [-0.15, -0.1) is 0 Å². The number of nitrogen functional groups attached to an aromatic ring is 1. The van der Waals surface area contributed by atoms with Gasteiger partial charge in [-0.3, -0.25) is 4.57 Å². The number of fused-ring (bicyclic) bond motifs is 1. The fourth-order valence-corrected chi connectivity index (χ4v) is 3.61. The highest BCUT2D eigenvalue weighted by molar-refractivity contribution is 7.71. The molecular formula is C15H21N5O8S. The van der Waals surface area contributed by atoms with E-state index in [2.05, 4.69) is 15.0 Å². The lowest BCUT2D eigenvalue weighted by Gasteiger charge is -2.35. The first-order valence-corrected chi connectivity index (χ1v) is 9.20. The number of hydrogen-bond donors (Lipinski definition) is 7. The standard InChI is InChI=1S/C15H21N5O8S/c16-15-18-11-6(12(29)19-15)17-3-20(11)13-9(24)8(23)5(28-13)2-27-14-10(25)7(22)4(21)1-26-14/h3-5,7-10,13-14,21-25H,1-2H2,(H3,16,18,19,29)/t4?,5-,7?,8-,9-,10?,13-,14?/m1/s1. The summed E-state index contributed by atoms with van der Waals surface area (Å²) in [4.78, 5) is 10.8. The minimum absolute atomic E-state index is 0.0568. The fraction of sp³-hybridized carbons (Fsp3) is 0.667. The molecule has 0 aliphatic carbocycles.